The number of hydrazone groups is 1. The van der Waals surface area contributed by atoms with Crippen molar-refractivity contribution in [2.45, 2.75) is 13.3 Å². The van der Waals surface area contributed by atoms with Gasteiger partial charge in [0, 0.05) is 0 Å². The highest BCUT2D eigenvalue weighted by Crippen LogP contribution is 2.15. The minimum Gasteiger partial charge on any atom is -0.497 e. The summed E-state index contributed by atoms with van der Waals surface area (Å²) in [6, 6.07) is 6.53. The molecule has 20 heavy (non-hydrogen) atoms. The van der Waals surface area contributed by atoms with Crippen molar-refractivity contribution in [3.05, 3.63) is 34.4 Å². The number of ether oxygens (including phenoxy) is 1. The zero-order chi connectivity index (χ0) is 15.1. The lowest BCUT2D eigenvalue weighted by Crippen LogP contribution is -2.30. The first kappa shape index (κ1) is 15.4. The molecule has 0 aromatic heterocycles. The van der Waals surface area contributed by atoms with Gasteiger partial charge < -0.3 is 20.0 Å². The first-order valence-corrected chi connectivity index (χ1v) is 5.84. The van der Waals surface area contributed by atoms with Crippen LogP contribution < -0.4 is 10.2 Å². The van der Waals surface area contributed by atoms with Crippen molar-refractivity contribution in [2.24, 2.45) is 11.0 Å². The summed E-state index contributed by atoms with van der Waals surface area (Å²) < 4.78 is 4.97. The number of rotatable bonds is 6. The molecule has 2 N–H and O–H groups in total. The molecular formula is C12H15N3O5. The largest absolute Gasteiger partial charge is 0.497 e. The molecule has 0 amide bonds. The lowest BCUT2D eigenvalue weighted by molar-refractivity contribution is -0.356. The molecule has 8 nitrogen and oxygen atoms in total. The van der Waals surface area contributed by atoms with E-state index in [2.05, 4.69) is 10.5 Å². The Morgan fingerprint density at radius 1 is 1.50 bits per heavy atom. The number of methoxy groups -OCH3 is 1. The second kappa shape index (κ2) is 7.07. The maximum absolute atomic E-state index is 10.9. The normalized spacial score (nSPS) is 12.6. The van der Waals surface area contributed by atoms with Crippen LogP contribution in [0.15, 0.2) is 29.4 Å². The van der Waals surface area contributed by atoms with E-state index in [-0.39, 0.29) is 6.42 Å². The van der Waals surface area contributed by atoms with Crippen molar-refractivity contribution < 1.29 is 19.6 Å². The number of hydrogen-bond acceptors (Lipinski definition) is 6. The average Bonchev–Trinajstić information content (AvgIpc) is 2.43. The van der Waals surface area contributed by atoms with E-state index in [9.17, 15) is 14.9 Å². The number of carboxylic acids is 1. The third kappa shape index (κ3) is 3.94. The minimum absolute atomic E-state index is 0.0828. The van der Waals surface area contributed by atoms with Gasteiger partial charge in [-0.25, -0.2) is 0 Å². The number of benzene rings is 1. The summed E-state index contributed by atoms with van der Waals surface area (Å²) in [5, 5.41) is 23.4. The van der Waals surface area contributed by atoms with Crippen LogP contribution in [0.1, 0.15) is 13.3 Å². The number of amidine groups is 1. The Morgan fingerprint density at radius 2 is 2.10 bits per heavy atom. The Morgan fingerprint density at radius 3 is 2.50 bits per heavy atom. The number of carboxylic acid groups (broad SMARTS) is 1. The number of carbonyl (C=O) groups is 1. The first-order valence-electron chi connectivity index (χ1n) is 5.84. The average molecular weight is 281 g/mol. The lowest BCUT2D eigenvalue weighted by atomic mass is 10.1. The summed E-state index contributed by atoms with van der Waals surface area (Å²) in [6.07, 6.45) is 0.0828. The van der Waals surface area contributed by atoms with Gasteiger partial charge in [-0.15, -0.1) is 0 Å². The summed E-state index contributed by atoms with van der Waals surface area (Å²) in [5.74, 6) is -2.53. The maximum Gasteiger partial charge on any atom is 0.378 e. The maximum atomic E-state index is 10.9. The van der Waals surface area contributed by atoms with Crippen molar-refractivity contribution in [1.29, 1.82) is 0 Å². The van der Waals surface area contributed by atoms with Gasteiger partial charge in [0.25, 0.3) is 0 Å². The molecule has 0 saturated carbocycles. The van der Waals surface area contributed by atoms with Crippen molar-refractivity contribution in [3.8, 4) is 5.75 Å². The van der Waals surface area contributed by atoms with E-state index in [1.807, 2.05) is 0 Å². The van der Waals surface area contributed by atoms with Crippen LogP contribution in [0, 0.1) is 16.0 Å². The Balaban J connectivity index is 2.91. The molecule has 1 unspecified atom stereocenters. The number of nitrogens with one attached hydrogen (secondary N) is 1. The van der Waals surface area contributed by atoms with Gasteiger partial charge >= 0.3 is 11.8 Å². The van der Waals surface area contributed by atoms with Crippen molar-refractivity contribution in [1.82, 2.24) is 0 Å². The summed E-state index contributed by atoms with van der Waals surface area (Å²) in [7, 11) is 1.52. The van der Waals surface area contributed by atoms with E-state index in [0.717, 1.165) is 0 Å². The van der Waals surface area contributed by atoms with E-state index in [1.54, 1.807) is 31.2 Å². The van der Waals surface area contributed by atoms with Gasteiger partial charge in [-0.3, -0.25) is 4.79 Å². The molecule has 0 fully saturated rings. The molecule has 108 valence electrons. The fourth-order valence-electron chi connectivity index (χ4n) is 1.50. The molecule has 0 spiro atoms. The molecule has 1 aromatic carbocycles. The second-order valence-electron chi connectivity index (χ2n) is 3.87. The molecule has 0 radical (unpaired) electrons. The van der Waals surface area contributed by atoms with Crippen LogP contribution >= 0.6 is 0 Å². The zero-order valence-corrected chi connectivity index (χ0v) is 11.1. The van der Waals surface area contributed by atoms with E-state index >= 15 is 0 Å². The Hall–Kier alpha value is -2.64. The van der Waals surface area contributed by atoms with Gasteiger partial charge in [-0.2, -0.15) is 5.43 Å². The summed E-state index contributed by atoms with van der Waals surface area (Å²) in [6.45, 7) is 1.55. The monoisotopic (exact) mass is 281 g/mol. The van der Waals surface area contributed by atoms with Crippen LogP contribution in [0.5, 0.6) is 5.75 Å². The summed E-state index contributed by atoms with van der Waals surface area (Å²) in [5.41, 5.74) is 2.97. The molecule has 0 aliphatic carbocycles. The van der Waals surface area contributed by atoms with Gasteiger partial charge in [-0.05, 0) is 35.6 Å². The quantitative estimate of drug-likeness (QED) is 0.355. The van der Waals surface area contributed by atoms with Gasteiger partial charge in [0.15, 0.2) is 5.92 Å². The van der Waals surface area contributed by atoms with Gasteiger partial charge in [0.05, 0.1) is 17.9 Å². The summed E-state index contributed by atoms with van der Waals surface area (Å²) >= 11 is 0. The van der Waals surface area contributed by atoms with Crippen LogP contribution in [0.2, 0.25) is 0 Å². The predicted molar refractivity (Wildman–Crippen MR) is 72.5 cm³/mol. The Kier molecular flexibility index (Phi) is 5.45. The van der Waals surface area contributed by atoms with E-state index in [1.165, 1.54) is 7.11 Å². The smallest absolute Gasteiger partial charge is 0.378 e. The fraction of sp³-hybridized carbons (Fsp3) is 0.333. The lowest BCUT2D eigenvalue weighted by Gasteiger charge is -2.06. The third-order valence-electron chi connectivity index (χ3n) is 2.59. The topological polar surface area (TPSA) is 114 Å². The number of nitrogens with zero attached hydrogens (tertiary/aromatic N) is 2. The van der Waals surface area contributed by atoms with Crippen LogP contribution in [0.4, 0.5) is 5.69 Å². The molecule has 0 saturated heterocycles. The molecule has 0 aliphatic heterocycles. The highest BCUT2D eigenvalue weighted by Gasteiger charge is 2.32. The number of anilines is 1. The van der Waals surface area contributed by atoms with Crippen molar-refractivity contribution >= 4 is 17.5 Å². The molecule has 0 bridgehead atoms. The SMILES string of the molecule is CCC(C(=O)O)C(=NNc1ccc(OC)cc1)[N+](=O)[O-]. The van der Waals surface area contributed by atoms with Crippen LogP contribution in [0.25, 0.3) is 0 Å². The molecule has 1 aromatic rings. The molecule has 1 rings (SSSR count). The number of aliphatic carboxylic acids is 1. The molecule has 8 heteroatoms. The molecule has 1 atom stereocenters. The zero-order valence-electron chi connectivity index (χ0n) is 11.1. The van der Waals surface area contributed by atoms with Gasteiger partial charge in [0.1, 0.15) is 5.75 Å². The van der Waals surface area contributed by atoms with E-state index in [0.29, 0.717) is 11.4 Å². The molecule has 0 heterocycles. The van der Waals surface area contributed by atoms with Crippen molar-refractivity contribution in [3.63, 3.8) is 0 Å². The first-order chi connectivity index (χ1) is 9.49. The highest BCUT2D eigenvalue weighted by atomic mass is 16.6. The van der Waals surface area contributed by atoms with Crippen LogP contribution in [0.3, 0.4) is 0 Å². The second-order valence-corrected chi connectivity index (χ2v) is 3.87. The number of nitro groups is 1. The predicted octanol–water partition coefficient (Wildman–Crippen LogP) is 1.81. The fourth-order valence-corrected chi connectivity index (χ4v) is 1.50. The molecule has 0 aliphatic rings. The van der Waals surface area contributed by atoms with E-state index in [4.69, 9.17) is 9.84 Å². The summed E-state index contributed by atoms with van der Waals surface area (Å²) in [4.78, 5) is 21.0. The highest BCUT2D eigenvalue weighted by molar-refractivity contribution is 5.96. The molecular weight excluding hydrogens is 266 g/mol. The van der Waals surface area contributed by atoms with Gasteiger partial charge in [-0.1, -0.05) is 6.92 Å². The van der Waals surface area contributed by atoms with E-state index < -0.39 is 22.6 Å². The number of hydrogen-bond donors (Lipinski definition) is 2. The Labute approximate surface area is 115 Å². The minimum atomic E-state index is -1.28. The Bertz CT molecular complexity index is 512. The van der Waals surface area contributed by atoms with Crippen LogP contribution in [-0.2, 0) is 4.79 Å². The third-order valence-corrected chi connectivity index (χ3v) is 2.59. The van der Waals surface area contributed by atoms with Gasteiger partial charge in [0.2, 0.25) is 0 Å². The van der Waals surface area contributed by atoms with Crippen LogP contribution in [-0.4, -0.2) is 28.9 Å². The van der Waals surface area contributed by atoms with Crippen molar-refractivity contribution in [2.75, 3.05) is 12.5 Å². The standard InChI is InChI=1S/C12H15N3O5/c1-3-10(12(16)17)11(15(18)19)14-13-8-4-6-9(20-2)7-5-8/h4-7,10,13H,3H2,1-2H3,(H,16,17).